The second kappa shape index (κ2) is 8.22. The van der Waals surface area contributed by atoms with Gasteiger partial charge in [-0.1, -0.05) is 47.6 Å². The summed E-state index contributed by atoms with van der Waals surface area (Å²) in [4.78, 5) is 19.2. The summed E-state index contributed by atoms with van der Waals surface area (Å²) < 4.78 is 11.3. The van der Waals surface area contributed by atoms with E-state index in [2.05, 4.69) is 28.3 Å². The van der Waals surface area contributed by atoms with Gasteiger partial charge in [-0.3, -0.25) is 9.78 Å². The van der Waals surface area contributed by atoms with Crippen LogP contribution in [-0.2, 0) is 13.0 Å². The van der Waals surface area contributed by atoms with Gasteiger partial charge < -0.3 is 14.2 Å². The van der Waals surface area contributed by atoms with Crippen LogP contribution >= 0.6 is 0 Å². The molecular formula is C25H23N3O3. The molecule has 31 heavy (non-hydrogen) atoms. The molecular weight excluding hydrogens is 390 g/mol. The van der Waals surface area contributed by atoms with E-state index in [1.54, 1.807) is 17.2 Å². The van der Waals surface area contributed by atoms with Crippen molar-refractivity contribution in [3.05, 3.63) is 89.4 Å². The van der Waals surface area contributed by atoms with Gasteiger partial charge in [0.25, 0.3) is 5.91 Å². The quantitative estimate of drug-likeness (QED) is 0.463. The molecule has 2 aromatic heterocycles. The first-order valence-corrected chi connectivity index (χ1v) is 10.5. The smallest absolute Gasteiger partial charge is 0.276 e. The third kappa shape index (κ3) is 3.77. The van der Waals surface area contributed by atoms with Gasteiger partial charge in [-0.05, 0) is 42.5 Å². The lowest BCUT2D eigenvalue weighted by molar-refractivity contribution is 0.0704. The van der Waals surface area contributed by atoms with Crippen molar-refractivity contribution in [2.24, 2.45) is 0 Å². The van der Waals surface area contributed by atoms with Gasteiger partial charge >= 0.3 is 0 Å². The van der Waals surface area contributed by atoms with Crippen LogP contribution in [0.25, 0.3) is 10.9 Å². The molecule has 1 unspecified atom stereocenters. The van der Waals surface area contributed by atoms with Crippen molar-refractivity contribution < 1.29 is 14.1 Å². The first-order chi connectivity index (χ1) is 15.2. The van der Waals surface area contributed by atoms with Gasteiger partial charge in [-0.25, -0.2) is 0 Å². The molecule has 5 rings (SSSR count). The Labute approximate surface area is 180 Å². The van der Waals surface area contributed by atoms with Crippen molar-refractivity contribution in [3.63, 3.8) is 0 Å². The number of pyridine rings is 1. The fraction of sp³-hybridized carbons (Fsp3) is 0.240. The van der Waals surface area contributed by atoms with Crippen LogP contribution in [0.4, 0.5) is 0 Å². The highest BCUT2D eigenvalue weighted by atomic mass is 16.5. The molecule has 2 aromatic carbocycles. The van der Waals surface area contributed by atoms with E-state index in [9.17, 15) is 4.79 Å². The summed E-state index contributed by atoms with van der Waals surface area (Å²) in [5.41, 5.74) is 3.62. The first kappa shape index (κ1) is 19.3. The maximum absolute atomic E-state index is 13.1. The van der Waals surface area contributed by atoms with Crippen molar-refractivity contribution in [1.82, 2.24) is 15.0 Å². The lowest BCUT2D eigenvalue weighted by Crippen LogP contribution is -2.33. The molecule has 0 aliphatic heterocycles. The molecule has 6 heteroatoms. The predicted octanol–water partition coefficient (Wildman–Crippen LogP) is 4.95. The normalized spacial score (nSPS) is 15.5. The zero-order valence-corrected chi connectivity index (χ0v) is 17.3. The highest BCUT2D eigenvalue weighted by Gasteiger charge is 2.28. The van der Waals surface area contributed by atoms with E-state index in [4.69, 9.17) is 9.26 Å². The van der Waals surface area contributed by atoms with Crippen LogP contribution in [0.1, 0.15) is 46.3 Å². The molecule has 0 spiro atoms. The molecule has 156 valence electrons. The molecule has 6 nitrogen and oxygen atoms in total. The standard InChI is InChI=1S/C25H23N3O3/c1-28(22-12-4-8-17-7-2-3-11-20(17)22)25(29)21-15-19(31-27-21)16-30-23-13-5-9-18-10-6-14-26-24(18)23/h2-3,5-7,9-11,13-15,22H,4,8,12,16H2,1H3. The first-order valence-electron chi connectivity index (χ1n) is 10.5. The summed E-state index contributed by atoms with van der Waals surface area (Å²) >= 11 is 0. The monoisotopic (exact) mass is 413 g/mol. The molecule has 1 atom stereocenters. The van der Waals surface area contributed by atoms with Crippen molar-refractivity contribution in [2.45, 2.75) is 31.9 Å². The van der Waals surface area contributed by atoms with E-state index in [0.717, 1.165) is 30.2 Å². The number of para-hydroxylation sites is 1. The Bertz CT molecular complexity index is 1230. The molecule has 4 aromatic rings. The number of carbonyl (C=O) groups excluding carboxylic acids is 1. The topological polar surface area (TPSA) is 68.5 Å². The number of rotatable bonds is 5. The lowest BCUT2D eigenvalue weighted by atomic mass is 9.87. The van der Waals surface area contributed by atoms with E-state index in [0.29, 0.717) is 17.2 Å². The van der Waals surface area contributed by atoms with Gasteiger partial charge in [-0.2, -0.15) is 0 Å². The van der Waals surface area contributed by atoms with Gasteiger partial charge in [0.2, 0.25) is 0 Å². The SMILES string of the molecule is CN(C(=O)c1cc(COc2cccc3cccnc23)on1)C1CCCc2ccccc21. The van der Waals surface area contributed by atoms with Crippen LogP contribution in [0, 0.1) is 0 Å². The summed E-state index contributed by atoms with van der Waals surface area (Å²) in [6.45, 7) is 0.173. The Hall–Kier alpha value is -3.67. The van der Waals surface area contributed by atoms with Crippen LogP contribution in [0.3, 0.4) is 0 Å². The summed E-state index contributed by atoms with van der Waals surface area (Å²) in [6.07, 6.45) is 4.81. The predicted molar refractivity (Wildman–Crippen MR) is 117 cm³/mol. The molecule has 1 aliphatic carbocycles. The highest BCUT2D eigenvalue weighted by Crippen LogP contribution is 2.34. The van der Waals surface area contributed by atoms with Crippen LogP contribution in [-0.4, -0.2) is 28.0 Å². The summed E-state index contributed by atoms with van der Waals surface area (Å²) in [5.74, 6) is 1.01. The fourth-order valence-corrected chi connectivity index (χ4v) is 4.28. The number of carbonyl (C=O) groups is 1. The number of fused-ring (bicyclic) bond motifs is 2. The van der Waals surface area contributed by atoms with E-state index in [1.165, 1.54) is 11.1 Å². The second-order valence-electron chi connectivity index (χ2n) is 7.82. The number of benzene rings is 2. The van der Waals surface area contributed by atoms with Crippen LogP contribution in [0.2, 0.25) is 0 Å². The molecule has 0 saturated carbocycles. The summed E-state index contributed by atoms with van der Waals surface area (Å²) in [7, 11) is 1.84. The number of amides is 1. The van der Waals surface area contributed by atoms with Gasteiger partial charge in [0.15, 0.2) is 11.5 Å². The van der Waals surface area contributed by atoms with Crippen LogP contribution < -0.4 is 4.74 Å². The second-order valence-corrected chi connectivity index (χ2v) is 7.82. The molecule has 0 bridgehead atoms. The van der Waals surface area contributed by atoms with Gasteiger partial charge in [0.1, 0.15) is 17.9 Å². The number of aromatic nitrogens is 2. The fourth-order valence-electron chi connectivity index (χ4n) is 4.28. The summed E-state index contributed by atoms with van der Waals surface area (Å²) in [6, 6.07) is 19.7. The number of ether oxygens (including phenoxy) is 1. The number of nitrogens with zero attached hydrogens (tertiary/aromatic N) is 3. The minimum atomic E-state index is -0.150. The molecule has 2 heterocycles. The van der Waals surface area contributed by atoms with Crippen molar-refractivity contribution in [2.75, 3.05) is 7.05 Å². The lowest BCUT2D eigenvalue weighted by Gasteiger charge is -2.32. The molecule has 0 N–H and O–H groups in total. The molecule has 0 fully saturated rings. The largest absolute Gasteiger partial charge is 0.483 e. The molecule has 0 radical (unpaired) electrons. The zero-order valence-electron chi connectivity index (χ0n) is 17.3. The molecule has 1 amide bonds. The zero-order chi connectivity index (χ0) is 21.2. The van der Waals surface area contributed by atoms with Gasteiger partial charge in [-0.15, -0.1) is 0 Å². The molecule has 0 saturated heterocycles. The Morgan fingerprint density at radius 3 is 2.97 bits per heavy atom. The average molecular weight is 413 g/mol. The number of aryl methyl sites for hydroxylation is 1. The number of hydrogen-bond donors (Lipinski definition) is 0. The van der Waals surface area contributed by atoms with E-state index < -0.39 is 0 Å². The van der Waals surface area contributed by atoms with E-state index in [-0.39, 0.29) is 18.6 Å². The van der Waals surface area contributed by atoms with E-state index in [1.807, 2.05) is 43.4 Å². The van der Waals surface area contributed by atoms with Crippen molar-refractivity contribution in [1.29, 1.82) is 0 Å². The third-order valence-electron chi connectivity index (χ3n) is 5.87. The number of hydrogen-bond acceptors (Lipinski definition) is 5. The Morgan fingerprint density at radius 1 is 1.16 bits per heavy atom. The maximum atomic E-state index is 13.1. The Morgan fingerprint density at radius 2 is 2.03 bits per heavy atom. The van der Waals surface area contributed by atoms with Crippen molar-refractivity contribution >= 4 is 16.8 Å². The summed E-state index contributed by atoms with van der Waals surface area (Å²) in [5, 5.41) is 5.00. The van der Waals surface area contributed by atoms with Crippen molar-refractivity contribution in [3.8, 4) is 5.75 Å². The Balaban J connectivity index is 1.30. The van der Waals surface area contributed by atoms with Crippen LogP contribution in [0.5, 0.6) is 5.75 Å². The average Bonchev–Trinajstić information content (AvgIpc) is 3.30. The maximum Gasteiger partial charge on any atom is 0.276 e. The molecule has 1 aliphatic rings. The van der Waals surface area contributed by atoms with Gasteiger partial charge in [0.05, 0.1) is 6.04 Å². The third-order valence-corrected chi connectivity index (χ3v) is 5.87. The van der Waals surface area contributed by atoms with E-state index >= 15 is 0 Å². The minimum absolute atomic E-state index is 0.0515. The Kier molecular flexibility index (Phi) is 5.12. The van der Waals surface area contributed by atoms with Crippen LogP contribution in [0.15, 0.2) is 71.4 Å². The van der Waals surface area contributed by atoms with Gasteiger partial charge in [0, 0.05) is 24.7 Å². The minimum Gasteiger partial charge on any atom is -0.483 e. The highest BCUT2D eigenvalue weighted by molar-refractivity contribution is 5.92.